The largest absolute Gasteiger partial charge is 0.461 e. The SMILES string of the molecule is CCN(CC)C(C)c1cccc2c(C)c(C)oc12. The first-order valence-electron chi connectivity index (χ1n) is 6.82. The number of furan rings is 1. The first-order chi connectivity index (χ1) is 8.60. The van der Waals surface area contributed by atoms with Crippen LogP contribution in [0.1, 0.15) is 43.7 Å². The van der Waals surface area contributed by atoms with E-state index < -0.39 is 0 Å². The monoisotopic (exact) mass is 245 g/mol. The molecule has 0 saturated carbocycles. The number of rotatable bonds is 4. The molecule has 1 atom stereocenters. The van der Waals surface area contributed by atoms with Gasteiger partial charge in [0.2, 0.25) is 0 Å². The third-order valence-corrected chi connectivity index (χ3v) is 4.04. The molecule has 1 aromatic heterocycles. The molecule has 1 unspecified atom stereocenters. The van der Waals surface area contributed by atoms with Gasteiger partial charge in [0.15, 0.2) is 0 Å². The lowest BCUT2D eigenvalue weighted by Crippen LogP contribution is -2.26. The third-order valence-electron chi connectivity index (χ3n) is 4.04. The lowest BCUT2D eigenvalue weighted by molar-refractivity contribution is 0.234. The summed E-state index contributed by atoms with van der Waals surface area (Å²) in [4.78, 5) is 2.45. The molecular formula is C16H23NO. The van der Waals surface area contributed by atoms with Crippen LogP contribution in [0.2, 0.25) is 0 Å². The minimum absolute atomic E-state index is 0.397. The van der Waals surface area contributed by atoms with E-state index >= 15 is 0 Å². The van der Waals surface area contributed by atoms with Crippen LogP contribution in [0, 0.1) is 13.8 Å². The van der Waals surface area contributed by atoms with Gasteiger partial charge < -0.3 is 4.42 Å². The Morgan fingerprint density at radius 3 is 2.44 bits per heavy atom. The van der Waals surface area contributed by atoms with Crippen LogP contribution in [-0.2, 0) is 0 Å². The average molecular weight is 245 g/mol. The Hall–Kier alpha value is -1.28. The molecule has 98 valence electrons. The number of aryl methyl sites for hydroxylation is 2. The van der Waals surface area contributed by atoms with Gasteiger partial charge in [0, 0.05) is 17.0 Å². The van der Waals surface area contributed by atoms with Crippen molar-refractivity contribution in [1.82, 2.24) is 4.90 Å². The van der Waals surface area contributed by atoms with E-state index in [2.05, 4.69) is 50.8 Å². The maximum absolute atomic E-state index is 5.96. The number of para-hydroxylation sites is 1. The smallest absolute Gasteiger partial charge is 0.139 e. The quantitative estimate of drug-likeness (QED) is 0.791. The van der Waals surface area contributed by atoms with Gasteiger partial charge in [-0.3, -0.25) is 4.90 Å². The van der Waals surface area contributed by atoms with E-state index in [1.165, 1.54) is 16.5 Å². The van der Waals surface area contributed by atoms with Crippen molar-refractivity contribution in [2.24, 2.45) is 0 Å². The van der Waals surface area contributed by atoms with Gasteiger partial charge in [0.1, 0.15) is 11.3 Å². The Morgan fingerprint density at radius 1 is 1.17 bits per heavy atom. The van der Waals surface area contributed by atoms with E-state index in [4.69, 9.17) is 4.42 Å². The lowest BCUT2D eigenvalue weighted by atomic mass is 10.0. The third kappa shape index (κ3) is 2.05. The van der Waals surface area contributed by atoms with Gasteiger partial charge in [-0.25, -0.2) is 0 Å². The van der Waals surface area contributed by atoms with Crippen molar-refractivity contribution in [1.29, 1.82) is 0 Å². The van der Waals surface area contributed by atoms with Gasteiger partial charge in [0.05, 0.1) is 0 Å². The maximum Gasteiger partial charge on any atom is 0.139 e. The van der Waals surface area contributed by atoms with Crippen LogP contribution in [0.15, 0.2) is 22.6 Å². The molecular weight excluding hydrogens is 222 g/mol. The summed E-state index contributed by atoms with van der Waals surface area (Å²) in [7, 11) is 0. The number of nitrogens with zero attached hydrogens (tertiary/aromatic N) is 1. The summed E-state index contributed by atoms with van der Waals surface area (Å²) in [6.07, 6.45) is 0. The van der Waals surface area contributed by atoms with Crippen molar-refractivity contribution in [2.45, 2.75) is 40.7 Å². The Morgan fingerprint density at radius 2 is 1.83 bits per heavy atom. The van der Waals surface area contributed by atoms with E-state index in [1.54, 1.807) is 0 Å². The van der Waals surface area contributed by atoms with Crippen molar-refractivity contribution in [3.63, 3.8) is 0 Å². The van der Waals surface area contributed by atoms with E-state index in [1.807, 2.05) is 6.92 Å². The summed E-state index contributed by atoms with van der Waals surface area (Å²) in [6.45, 7) is 13.0. The van der Waals surface area contributed by atoms with Gasteiger partial charge in [-0.05, 0) is 39.4 Å². The fraction of sp³-hybridized carbons (Fsp3) is 0.500. The molecule has 0 aliphatic rings. The summed E-state index contributed by atoms with van der Waals surface area (Å²) in [5.74, 6) is 1.03. The highest BCUT2D eigenvalue weighted by molar-refractivity contribution is 5.85. The highest BCUT2D eigenvalue weighted by atomic mass is 16.3. The molecule has 0 spiro atoms. The van der Waals surface area contributed by atoms with Crippen LogP contribution in [0.3, 0.4) is 0 Å². The Labute approximate surface area is 110 Å². The molecule has 0 fully saturated rings. The summed E-state index contributed by atoms with van der Waals surface area (Å²) in [5.41, 5.74) is 3.62. The first kappa shape index (κ1) is 13.2. The molecule has 0 amide bonds. The van der Waals surface area contributed by atoms with Crippen LogP contribution >= 0.6 is 0 Å². The van der Waals surface area contributed by atoms with Gasteiger partial charge in [0.25, 0.3) is 0 Å². The van der Waals surface area contributed by atoms with Crippen molar-refractivity contribution in [3.05, 3.63) is 35.1 Å². The highest BCUT2D eigenvalue weighted by Crippen LogP contribution is 2.32. The zero-order chi connectivity index (χ0) is 13.3. The average Bonchev–Trinajstić information content (AvgIpc) is 2.67. The molecule has 0 aliphatic carbocycles. The van der Waals surface area contributed by atoms with Crippen molar-refractivity contribution in [2.75, 3.05) is 13.1 Å². The Bertz CT molecular complexity index is 537. The molecule has 2 rings (SSSR count). The summed E-state index contributed by atoms with van der Waals surface area (Å²) in [5, 5.41) is 1.25. The maximum atomic E-state index is 5.96. The number of hydrogen-bond acceptors (Lipinski definition) is 2. The molecule has 0 aliphatic heterocycles. The number of benzene rings is 1. The number of fused-ring (bicyclic) bond motifs is 1. The van der Waals surface area contributed by atoms with Crippen LogP contribution in [0.5, 0.6) is 0 Å². The van der Waals surface area contributed by atoms with E-state index in [9.17, 15) is 0 Å². The van der Waals surface area contributed by atoms with Crippen LogP contribution in [-0.4, -0.2) is 18.0 Å². The molecule has 0 radical (unpaired) electrons. The molecule has 0 bridgehead atoms. The van der Waals surface area contributed by atoms with Gasteiger partial charge in [-0.15, -0.1) is 0 Å². The predicted molar refractivity (Wildman–Crippen MR) is 77.0 cm³/mol. The Balaban J connectivity index is 2.54. The van der Waals surface area contributed by atoms with Crippen LogP contribution < -0.4 is 0 Å². The molecule has 1 heterocycles. The van der Waals surface area contributed by atoms with Gasteiger partial charge in [-0.2, -0.15) is 0 Å². The summed E-state index contributed by atoms with van der Waals surface area (Å²) >= 11 is 0. The predicted octanol–water partition coefficient (Wildman–Crippen LogP) is 4.45. The molecule has 0 saturated heterocycles. The second-order valence-corrected chi connectivity index (χ2v) is 4.90. The molecule has 1 aromatic carbocycles. The Kier molecular flexibility index (Phi) is 3.76. The van der Waals surface area contributed by atoms with Crippen molar-refractivity contribution < 1.29 is 4.42 Å². The summed E-state index contributed by atoms with van der Waals surface area (Å²) in [6, 6.07) is 6.88. The first-order valence-corrected chi connectivity index (χ1v) is 6.82. The van der Waals surface area contributed by atoms with Gasteiger partial charge in [-0.1, -0.05) is 32.0 Å². The van der Waals surface area contributed by atoms with Crippen molar-refractivity contribution in [3.8, 4) is 0 Å². The zero-order valence-electron chi connectivity index (χ0n) is 12.1. The normalized spacial score (nSPS) is 13.4. The molecule has 2 nitrogen and oxygen atoms in total. The summed E-state index contributed by atoms with van der Waals surface area (Å²) < 4.78 is 5.96. The van der Waals surface area contributed by atoms with Crippen LogP contribution in [0.25, 0.3) is 11.0 Å². The van der Waals surface area contributed by atoms with E-state index in [-0.39, 0.29) is 0 Å². The lowest BCUT2D eigenvalue weighted by Gasteiger charge is -2.26. The minimum Gasteiger partial charge on any atom is -0.461 e. The van der Waals surface area contributed by atoms with E-state index in [0.717, 1.165) is 24.4 Å². The zero-order valence-corrected chi connectivity index (χ0v) is 12.1. The van der Waals surface area contributed by atoms with Crippen LogP contribution in [0.4, 0.5) is 0 Å². The number of hydrogen-bond donors (Lipinski definition) is 0. The molecule has 2 heteroatoms. The standard InChI is InChI=1S/C16H23NO/c1-6-17(7-2)12(4)15-10-8-9-14-11(3)13(5)18-16(14)15/h8-10,12H,6-7H2,1-5H3. The van der Waals surface area contributed by atoms with E-state index in [0.29, 0.717) is 6.04 Å². The van der Waals surface area contributed by atoms with Gasteiger partial charge >= 0.3 is 0 Å². The minimum atomic E-state index is 0.397. The highest BCUT2D eigenvalue weighted by Gasteiger charge is 2.18. The second kappa shape index (κ2) is 5.15. The molecule has 2 aromatic rings. The fourth-order valence-electron chi connectivity index (χ4n) is 2.68. The van der Waals surface area contributed by atoms with Crippen molar-refractivity contribution >= 4 is 11.0 Å². The fourth-order valence-corrected chi connectivity index (χ4v) is 2.68. The molecule has 18 heavy (non-hydrogen) atoms. The second-order valence-electron chi connectivity index (χ2n) is 4.90. The topological polar surface area (TPSA) is 16.4 Å². The molecule has 0 N–H and O–H groups in total.